The van der Waals surface area contributed by atoms with Crippen LogP contribution in [0.5, 0.6) is 5.88 Å². The molecule has 86 valence electrons. The van der Waals surface area contributed by atoms with Crippen molar-refractivity contribution >= 4 is 15.5 Å². The van der Waals surface area contributed by atoms with Crippen molar-refractivity contribution in [2.75, 3.05) is 18.2 Å². The van der Waals surface area contributed by atoms with Gasteiger partial charge in [0.25, 0.3) is 0 Å². The van der Waals surface area contributed by atoms with Gasteiger partial charge in [-0.1, -0.05) is 6.08 Å². The van der Waals surface area contributed by atoms with E-state index in [-0.39, 0.29) is 11.8 Å². The largest absolute Gasteiger partial charge is 0.481 e. The summed E-state index contributed by atoms with van der Waals surface area (Å²) in [6.45, 7) is 0. The first-order valence-electron chi connectivity index (χ1n) is 4.76. The molecule has 0 saturated heterocycles. The number of rotatable bonds is 3. The van der Waals surface area contributed by atoms with E-state index in [1.54, 1.807) is 24.4 Å². The van der Waals surface area contributed by atoms with Crippen molar-refractivity contribution in [3.63, 3.8) is 0 Å². The second-order valence-electron chi connectivity index (χ2n) is 3.50. The number of pyridine rings is 1. The number of anilines is 1. The summed E-state index contributed by atoms with van der Waals surface area (Å²) in [5, 5.41) is 4.32. The van der Waals surface area contributed by atoms with E-state index >= 15 is 0 Å². The van der Waals surface area contributed by atoms with Gasteiger partial charge in [-0.25, -0.2) is 13.4 Å². The number of nitrogens with zero attached hydrogens (tertiary/aromatic N) is 1. The summed E-state index contributed by atoms with van der Waals surface area (Å²) in [5.41, 5.74) is 0.790. The Morgan fingerprint density at radius 1 is 1.56 bits per heavy atom. The Balaban J connectivity index is 2.08. The topological polar surface area (TPSA) is 68.3 Å². The molecule has 1 aliphatic heterocycles. The van der Waals surface area contributed by atoms with Crippen LogP contribution < -0.4 is 10.1 Å². The molecule has 1 aromatic heterocycles. The Bertz CT molecular complexity index is 511. The van der Waals surface area contributed by atoms with E-state index in [1.165, 1.54) is 12.5 Å². The van der Waals surface area contributed by atoms with Crippen molar-refractivity contribution in [2.24, 2.45) is 0 Å². The quantitative estimate of drug-likeness (QED) is 0.847. The van der Waals surface area contributed by atoms with Crippen LogP contribution in [-0.2, 0) is 9.84 Å². The molecule has 0 aromatic carbocycles. The summed E-state index contributed by atoms with van der Waals surface area (Å²) < 4.78 is 27.4. The minimum absolute atomic E-state index is 0.0949. The highest BCUT2D eigenvalue weighted by molar-refractivity contribution is 7.94. The van der Waals surface area contributed by atoms with Crippen molar-refractivity contribution < 1.29 is 13.2 Å². The average molecular weight is 240 g/mol. The van der Waals surface area contributed by atoms with E-state index < -0.39 is 9.84 Å². The minimum Gasteiger partial charge on any atom is -0.481 e. The van der Waals surface area contributed by atoms with Gasteiger partial charge in [0.2, 0.25) is 5.88 Å². The van der Waals surface area contributed by atoms with Gasteiger partial charge in [0.1, 0.15) is 0 Å². The summed E-state index contributed by atoms with van der Waals surface area (Å²) in [5.74, 6) is 0.590. The standard InChI is InChI=1S/C10H12N2O3S/c1-15-10-6-8(2-4-11-10)12-9-3-5-16(13,14)7-9/h2-6,9H,7H2,1H3,(H,11,12). The Kier molecular flexibility index (Phi) is 2.82. The van der Waals surface area contributed by atoms with Crippen LogP contribution in [0.25, 0.3) is 0 Å². The predicted molar refractivity (Wildman–Crippen MR) is 61.1 cm³/mol. The first-order chi connectivity index (χ1) is 7.59. The van der Waals surface area contributed by atoms with Gasteiger partial charge >= 0.3 is 0 Å². The molecule has 1 N–H and O–H groups in total. The monoisotopic (exact) mass is 240 g/mol. The fraction of sp³-hybridized carbons (Fsp3) is 0.300. The lowest BCUT2D eigenvalue weighted by molar-refractivity contribution is 0.398. The third kappa shape index (κ3) is 2.52. The maximum absolute atomic E-state index is 11.2. The molecule has 0 fully saturated rings. The highest BCUT2D eigenvalue weighted by atomic mass is 32.2. The van der Waals surface area contributed by atoms with E-state index in [2.05, 4.69) is 10.3 Å². The Morgan fingerprint density at radius 2 is 2.38 bits per heavy atom. The van der Waals surface area contributed by atoms with Crippen LogP contribution in [0.15, 0.2) is 29.8 Å². The van der Waals surface area contributed by atoms with Crippen molar-refractivity contribution in [2.45, 2.75) is 6.04 Å². The molecule has 0 amide bonds. The summed E-state index contributed by atoms with van der Waals surface area (Å²) in [6.07, 6.45) is 3.25. The number of ether oxygens (including phenoxy) is 1. The third-order valence-electron chi connectivity index (χ3n) is 2.23. The van der Waals surface area contributed by atoms with Crippen LogP contribution >= 0.6 is 0 Å². The van der Waals surface area contributed by atoms with Crippen LogP contribution in [0.4, 0.5) is 5.69 Å². The highest BCUT2D eigenvalue weighted by Crippen LogP contribution is 2.17. The van der Waals surface area contributed by atoms with Crippen LogP contribution in [0, 0.1) is 0 Å². The van der Waals surface area contributed by atoms with Crippen LogP contribution in [0.3, 0.4) is 0 Å². The first-order valence-corrected chi connectivity index (χ1v) is 6.48. The number of sulfone groups is 1. The zero-order valence-electron chi connectivity index (χ0n) is 8.75. The van der Waals surface area contributed by atoms with Gasteiger partial charge in [0, 0.05) is 23.4 Å². The Labute approximate surface area is 94.1 Å². The van der Waals surface area contributed by atoms with Gasteiger partial charge < -0.3 is 10.1 Å². The second-order valence-corrected chi connectivity index (χ2v) is 5.43. The lowest BCUT2D eigenvalue weighted by Gasteiger charge is -2.11. The number of methoxy groups -OCH3 is 1. The maximum atomic E-state index is 11.2. The molecule has 0 radical (unpaired) electrons. The van der Waals surface area contributed by atoms with Gasteiger partial charge in [-0.3, -0.25) is 0 Å². The van der Waals surface area contributed by atoms with E-state index in [0.29, 0.717) is 5.88 Å². The van der Waals surface area contributed by atoms with Gasteiger partial charge in [-0.2, -0.15) is 0 Å². The fourth-order valence-corrected chi connectivity index (χ4v) is 2.73. The zero-order valence-corrected chi connectivity index (χ0v) is 9.57. The third-order valence-corrected chi connectivity index (χ3v) is 3.62. The molecular formula is C10H12N2O3S. The molecule has 2 heterocycles. The summed E-state index contributed by atoms with van der Waals surface area (Å²) in [4.78, 5) is 3.96. The average Bonchev–Trinajstić information content (AvgIpc) is 2.58. The van der Waals surface area contributed by atoms with Gasteiger partial charge in [-0.15, -0.1) is 0 Å². The van der Waals surface area contributed by atoms with E-state index in [1.807, 2.05) is 0 Å². The molecule has 5 nitrogen and oxygen atoms in total. The molecule has 1 aliphatic rings. The molecule has 1 atom stereocenters. The number of hydrogen-bond acceptors (Lipinski definition) is 5. The van der Waals surface area contributed by atoms with E-state index in [4.69, 9.17) is 4.74 Å². The molecule has 0 spiro atoms. The number of nitrogens with one attached hydrogen (secondary N) is 1. The van der Waals surface area contributed by atoms with E-state index in [9.17, 15) is 8.42 Å². The molecule has 1 aromatic rings. The summed E-state index contributed by atoms with van der Waals surface area (Å²) in [7, 11) is -1.49. The molecule has 16 heavy (non-hydrogen) atoms. The molecule has 0 bridgehead atoms. The summed E-state index contributed by atoms with van der Waals surface area (Å²) in [6, 6.07) is 3.30. The minimum atomic E-state index is -3.02. The highest BCUT2D eigenvalue weighted by Gasteiger charge is 2.21. The van der Waals surface area contributed by atoms with Crippen molar-refractivity contribution in [3.8, 4) is 5.88 Å². The van der Waals surface area contributed by atoms with Crippen LogP contribution in [0.2, 0.25) is 0 Å². The van der Waals surface area contributed by atoms with Gasteiger partial charge in [0.15, 0.2) is 9.84 Å². The molecule has 0 aliphatic carbocycles. The summed E-state index contributed by atoms with van der Waals surface area (Å²) >= 11 is 0. The lowest BCUT2D eigenvalue weighted by atomic mass is 10.3. The number of hydrogen-bond donors (Lipinski definition) is 1. The SMILES string of the molecule is COc1cc(NC2C=CS(=O)(=O)C2)ccn1. The molecule has 1 unspecified atom stereocenters. The zero-order chi connectivity index (χ0) is 11.6. The first kappa shape index (κ1) is 10.9. The lowest BCUT2D eigenvalue weighted by Crippen LogP contribution is -2.20. The Hall–Kier alpha value is -1.56. The predicted octanol–water partition coefficient (Wildman–Crippen LogP) is 0.813. The fourth-order valence-electron chi connectivity index (χ4n) is 1.49. The van der Waals surface area contributed by atoms with Crippen molar-refractivity contribution in [1.82, 2.24) is 4.98 Å². The molecular weight excluding hydrogens is 228 g/mol. The smallest absolute Gasteiger partial charge is 0.214 e. The molecule has 2 rings (SSSR count). The Morgan fingerprint density at radius 3 is 3.00 bits per heavy atom. The van der Waals surface area contributed by atoms with Crippen molar-refractivity contribution in [3.05, 3.63) is 29.8 Å². The van der Waals surface area contributed by atoms with Gasteiger partial charge in [0.05, 0.1) is 18.9 Å². The van der Waals surface area contributed by atoms with Crippen LogP contribution in [0.1, 0.15) is 0 Å². The number of aromatic nitrogens is 1. The van der Waals surface area contributed by atoms with Crippen molar-refractivity contribution in [1.29, 1.82) is 0 Å². The normalized spacial score (nSPS) is 21.9. The van der Waals surface area contributed by atoms with E-state index in [0.717, 1.165) is 5.69 Å². The second kappa shape index (κ2) is 4.13. The van der Waals surface area contributed by atoms with Crippen LogP contribution in [-0.4, -0.2) is 32.3 Å². The maximum Gasteiger partial charge on any atom is 0.214 e. The molecule has 0 saturated carbocycles. The molecule has 6 heteroatoms. The van der Waals surface area contributed by atoms with Gasteiger partial charge in [-0.05, 0) is 6.07 Å².